The second-order valence-corrected chi connectivity index (χ2v) is 9.29. The zero-order valence-corrected chi connectivity index (χ0v) is 22.1. The van der Waals surface area contributed by atoms with Gasteiger partial charge in [0.05, 0.1) is 0 Å². The van der Waals surface area contributed by atoms with Crippen LogP contribution >= 0.6 is 24.8 Å². The quantitative estimate of drug-likeness (QED) is 0.160. The number of rotatable bonds is 2. The topological polar surface area (TPSA) is 30.9 Å². The zero-order chi connectivity index (χ0) is 18.3. The summed E-state index contributed by atoms with van der Waals surface area (Å²) in [5.41, 5.74) is 3.08. The van der Waals surface area contributed by atoms with Crippen LogP contribution in [0.1, 0.15) is 53.4 Å². The van der Waals surface area contributed by atoms with Crippen molar-refractivity contribution in [2.45, 2.75) is 65.5 Å². The van der Waals surface area contributed by atoms with Gasteiger partial charge in [-0.15, -0.1) is 12.6 Å². The van der Waals surface area contributed by atoms with Crippen molar-refractivity contribution in [3.8, 4) is 0 Å². The molecule has 2 aliphatic heterocycles. The molecule has 2 aliphatic rings. The fourth-order valence-electron chi connectivity index (χ4n) is 3.34. The Kier molecular flexibility index (Phi) is 13.4. The Labute approximate surface area is 188 Å². The molecule has 2 fully saturated rings. The molecule has 0 radical (unpaired) electrons. The van der Waals surface area contributed by atoms with Crippen molar-refractivity contribution >= 4 is 58.8 Å². The normalized spacial score (nSPS) is 29.6. The van der Waals surface area contributed by atoms with E-state index < -0.39 is 0 Å². The fourth-order valence-corrected chi connectivity index (χ4v) is 3.80. The summed E-state index contributed by atoms with van der Waals surface area (Å²) in [6.45, 7) is 11.0. The largest absolute Gasteiger partial charge is 2.00 e. The Balaban J connectivity index is 0.000000443. The molecule has 0 aromatic carbocycles. The van der Waals surface area contributed by atoms with Crippen LogP contribution in [0, 0.1) is 11.8 Å². The minimum atomic E-state index is 0. The monoisotopic (exact) mass is 470 g/mol. The van der Waals surface area contributed by atoms with Crippen molar-refractivity contribution in [3.63, 3.8) is 0 Å². The number of hydrogen-bond acceptors (Lipinski definition) is 6. The second kappa shape index (κ2) is 13.0. The first-order valence-corrected chi connectivity index (χ1v) is 10.3. The molecule has 1 N–H and O–H groups in total. The van der Waals surface area contributed by atoms with Crippen molar-refractivity contribution in [1.29, 1.82) is 0 Å². The standard InChI is InChI=1S/2C8H16N2S2.Zn/c2*1-6-3-4-10(7(2)5-6)9-8(11)12;/h2*6-7H,3-5H2,1-2H3,(H2,9,11,12);/q;;+2/p-2. The van der Waals surface area contributed by atoms with Crippen LogP contribution in [-0.2, 0) is 44.7 Å². The molecule has 2 heterocycles. The molecule has 2 saturated heterocycles. The Morgan fingerprint density at radius 3 is 2.00 bits per heavy atom. The molecule has 0 aromatic heterocycles. The first-order valence-electron chi connectivity index (χ1n) is 8.64. The number of hydrazine groups is 1. The van der Waals surface area contributed by atoms with Gasteiger partial charge < -0.3 is 30.7 Å². The predicted molar refractivity (Wildman–Crippen MR) is 116 cm³/mol. The van der Waals surface area contributed by atoms with E-state index in [-0.39, 0.29) is 19.5 Å². The Morgan fingerprint density at radius 2 is 1.56 bits per heavy atom. The van der Waals surface area contributed by atoms with Gasteiger partial charge in [-0.1, -0.05) is 26.1 Å². The SMILES string of the molecule is CC1CCN(N=C([S-])[S-])C(C)C1.CC1CCN(NC(=S)S)C(C)C1.[Zn+2]. The summed E-state index contributed by atoms with van der Waals surface area (Å²) in [6.07, 6.45) is 4.88. The average molecular weight is 472 g/mol. The third-order valence-electron chi connectivity index (χ3n) is 4.69. The van der Waals surface area contributed by atoms with Crippen LogP contribution in [0.3, 0.4) is 0 Å². The fraction of sp³-hybridized carbons (Fsp3) is 0.875. The van der Waals surface area contributed by atoms with Crippen molar-refractivity contribution in [1.82, 2.24) is 15.4 Å². The summed E-state index contributed by atoms with van der Waals surface area (Å²) in [4.78, 5) is 0. The number of hydrazone groups is 1. The molecule has 9 heteroatoms. The van der Waals surface area contributed by atoms with Gasteiger partial charge in [-0.3, -0.25) is 5.01 Å². The number of nitrogens with zero attached hydrogens (tertiary/aromatic N) is 3. The minimum Gasteiger partial charge on any atom is -0.787 e. The summed E-state index contributed by atoms with van der Waals surface area (Å²) in [5.74, 6) is 1.65. The number of thiol groups is 1. The third-order valence-corrected chi connectivity index (χ3v) is 5.05. The van der Waals surface area contributed by atoms with Gasteiger partial charge in [0, 0.05) is 25.2 Å². The van der Waals surface area contributed by atoms with Gasteiger partial charge in [-0.05, 0) is 51.4 Å². The van der Waals surface area contributed by atoms with Crippen LogP contribution in [0.15, 0.2) is 5.10 Å². The molecule has 0 bridgehead atoms. The van der Waals surface area contributed by atoms with Gasteiger partial charge >= 0.3 is 19.5 Å². The first-order chi connectivity index (χ1) is 11.2. The molecule has 140 valence electrons. The maximum absolute atomic E-state index is 4.87. The third kappa shape index (κ3) is 10.6. The van der Waals surface area contributed by atoms with Crippen LogP contribution in [0.2, 0.25) is 0 Å². The van der Waals surface area contributed by atoms with E-state index in [0.717, 1.165) is 24.9 Å². The Bertz CT molecular complexity index is 434. The molecular weight excluding hydrogens is 442 g/mol. The number of nitrogens with one attached hydrogen (secondary N) is 1. The summed E-state index contributed by atoms with van der Waals surface area (Å²) < 4.78 is 0.896. The second-order valence-electron chi connectivity index (χ2n) is 7.10. The van der Waals surface area contributed by atoms with Gasteiger partial charge in [0.2, 0.25) is 0 Å². The maximum atomic E-state index is 4.87. The molecule has 4 atom stereocenters. The molecule has 0 amide bonds. The summed E-state index contributed by atoms with van der Waals surface area (Å²) in [5, 5.41) is 8.33. The Morgan fingerprint density at radius 1 is 1.04 bits per heavy atom. The first kappa shape index (κ1) is 25.7. The van der Waals surface area contributed by atoms with E-state index in [9.17, 15) is 0 Å². The van der Waals surface area contributed by atoms with Gasteiger partial charge in [0.15, 0.2) is 0 Å². The van der Waals surface area contributed by atoms with Crippen LogP contribution in [0.25, 0.3) is 0 Å². The van der Waals surface area contributed by atoms with Crippen LogP contribution in [0.5, 0.6) is 0 Å². The van der Waals surface area contributed by atoms with E-state index in [2.05, 4.69) is 55.9 Å². The predicted octanol–water partition coefficient (Wildman–Crippen LogP) is 3.30. The van der Waals surface area contributed by atoms with E-state index in [4.69, 9.17) is 37.5 Å². The van der Waals surface area contributed by atoms with Crippen LogP contribution in [0.4, 0.5) is 0 Å². The summed E-state index contributed by atoms with van der Waals surface area (Å²) in [6, 6.07) is 1.06. The van der Waals surface area contributed by atoms with E-state index in [1.54, 1.807) is 0 Å². The van der Waals surface area contributed by atoms with Gasteiger partial charge in [-0.25, -0.2) is 14.5 Å². The van der Waals surface area contributed by atoms with E-state index in [1.165, 1.54) is 25.7 Å². The molecular formula is C16H30N4S4Zn. The molecule has 0 aliphatic carbocycles. The smallest absolute Gasteiger partial charge is 0.787 e. The molecule has 2 rings (SSSR count). The van der Waals surface area contributed by atoms with Crippen molar-refractivity contribution < 1.29 is 19.5 Å². The van der Waals surface area contributed by atoms with Crippen LogP contribution in [-0.4, -0.2) is 43.9 Å². The van der Waals surface area contributed by atoms with Crippen molar-refractivity contribution in [3.05, 3.63) is 0 Å². The minimum absolute atomic E-state index is 0. The maximum Gasteiger partial charge on any atom is 2.00 e. The molecule has 4 unspecified atom stereocenters. The van der Waals surface area contributed by atoms with E-state index in [1.807, 2.05) is 5.01 Å². The zero-order valence-electron chi connectivity index (χ0n) is 15.8. The number of thiocarbonyl (C=S) groups is 1. The Hall–Kier alpha value is 0.733. The molecule has 0 spiro atoms. The van der Waals surface area contributed by atoms with Gasteiger partial charge in [0.1, 0.15) is 4.32 Å². The summed E-state index contributed by atoms with van der Waals surface area (Å²) in [7, 11) is 0. The number of piperidine rings is 2. The number of hydrogen-bond donors (Lipinski definition) is 2. The summed E-state index contributed by atoms with van der Waals surface area (Å²) >= 11 is 18.5. The van der Waals surface area contributed by atoms with Gasteiger partial charge in [0.25, 0.3) is 0 Å². The average Bonchev–Trinajstić information content (AvgIpc) is 2.45. The van der Waals surface area contributed by atoms with Crippen molar-refractivity contribution in [2.24, 2.45) is 16.9 Å². The van der Waals surface area contributed by atoms with Gasteiger partial charge in [-0.2, -0.15) is 0 Å². The van der Waals surface area contributed by atoms with Crippen LogP contribution < -0.4 is 5.43 Å². The molecule has 0 aromatic rings. The molecule has 25 heavy (non-hydrogen) atoms. The molecule has 4 nitrogen and oxygen atoms in total. The van der Waals surface area contributed by atoms with Crippen molar-refractivity contribution in [2.75, 3.05) is 13.1 Å². The van der Waals surface area contributed by atoms with E-state index >= 15 is 0 Å². The van der Waals surface area contributed by atoms with E-state index in [0.29, 0.717) is 20.8 Å². The molecule has 0 saturated carbocycles.